The Balaban J connectivity index is 1.58. The Bertz CT molecular complexity index is 1220. The van der Waals surface area contributed by atoms with Crippen LogP contribution in [0.3, 0.4) is 0 Å². The van der Waals surface area contributed by atoms with Gasteiger partial charge in [0.05, 0.1) is 21.6 Å². The molecule has 1 amide bonds. The number of carbonyl (C=O) groups excluding carboxylic acids is 1. The number of fused-ring (bicyclic) bond motifs is 1. The van der Waals surface area contributed by atoms with Gasteiger partial charge in [-0.05, 0) is 25.5 Å². The van der Waals surface area contributed by atoms with Gasteiger partial charge in [-0.1, -0.05) is 24.8 Å². The number of nitriles is 1. The van der Waals surface area contributed by atoms with E-state index in [1.54, 1.807) is 11.3 Å². The van der Waals surface area contributed by atoms with Gasteiger partial charge < -0.3 is 9.80 Å². The van der Waals surface area contributed by atoms with Gasteiger partial charge in [0.15, 0.2) is 0 Å². The Kier molecular flexibility index (Phi) is 4.33. The van der Waals surface area contributed by atoms with Crippen LogP contribution in [0.2, 0.25) is 0 Å². The number of hydrogen-bond donors (Lipinski definition) is 0. The molecule has 30 heavy (non-hydrogen) atoms. The summed E-state index contributed by atoms with van der Waals surface area (Å²) >= 11 is 1.56. The molecule has 2 aliphatic rings. The van der Waals surface area contributed by atoms with Crippen LogP contribution in [-0.2, 0) is 4.79 Å². The first-order chi connectivity index (χ1) is 14.5. The Hall–Kier alpha value is -3.24. The monoisotopic (exact) mass is 415 g/mol. The second-order valence-corrected chi connectivity index (χ2v) is 9.01. The molecule has 0 saturated carbocycles. The van der Waals surface area contributed by atoms with Gasteiger partial charge in [-0.15, -0.1) is 11.3 Å². The van der Waals surface area contributed by atoms with Gasteiger partial charge in [0, 0.05) is 42.5 Å². The van der Waals surface area contributed by atoms with E-state index < -0.39 is 0 Å². The number of rotatable bonds is 3. The van der Waals surface area contributed by atoms with Gasteiger partial charge in [0.2, 0.25) is 5.91 Å². The fourth-order valence-corrected chi connectivity index (χ4v) is 5.60. The van der Waals surface area contributed by atoms with Crippen molar-refractivity contribution in [2.75, 3.05) is 31.1 Å². The predicted molar refractivity (Wildman–Crippen MR) is 118 cm³/mol. The lowest BCUT2D eigenvalue weighted by atomic mass is 9.79. The molecule has 1 aromatic carbocycles. The van der Waals surface area contributed by atoms with Gasteiger partial charge >= 0.3 is 0 Å². The minimum atomic E-state index is -0.0106. The Morgan fingerprint density at radius 3 is 2.83 bits per heavy atom. The van der Waals surface area contributed by atoms with Crippen LogP contribution in [0.15, 0.2) is 42.4 Å². The molecule has 0 radical (unpaired) electrons. The number of benzene rings is 1. The standard InChI is InChI=1S/C23H21N5OS/c1-3-19(29)28-12-23(13-28)8-9-27(11-23)22-17(10-24)20(21-15(2)25-14-30-21)16-6-4-5-7-18(16)26-22/h3-7,14H,1,8-9,11-13H2,2H3. The summed E-state index contributed by atoms with van der Waals surface area (Å²) in [5.74, 6) is 0.730. The largest absolute Gasteiger partial charge is 0.355 e. The van der Waals surface area contributed by atoms with Gasteiger partial charge in [0.1, 0.15) is 17.5 Å². The van der Waals surface area contributed by atoms with Crippen molar-refractivity contribution in [3.05, 3.63) is 53.7 Å². The van der Waals surface area contributed by atoms with E-state index in [1.807, 2.05) is 41.6 Å². The first kappa shape index (κ1) is 18.8. The molecular formula is C23H21N5OS. The maximum Gasteiger partial charge on any atom is 0.245 e. The maximum atomic E-state index is 11.9. The molecular weight excluding hydrogens is 394 g/mol. The van der Waals surface area contributed by atoms with Crippen LogP contribution in [0.5, 0.6) is 0 Å². The number of anilines is 1. The first-order valence-electron chi connectivity index (χ1n) is 9.95. The first-order valence-corrected chi connectivity index (χ1v) is 10.8. The van der Waals surface area contributed by atoms with Crippen molar-refractivity contribution in [1.29, 1.82) is 5.26 Å². The highest BCUT2D eigenvalue weighted by molar-refractivity contribution is 7.13. The molecule has 2 saturated heterocycles. The van der Waals surface area contributed by atoms with Crippen LogP contribution in [0.1, 0.15) is 17.7 Å². The number of likely N-dealkylation sites (tertiary alicyclic amines) is 1. The number of thiazole rings is 1. The van der Waals surface area contributed by atoms with Gasteiger partial charge in [-0.3, -0.25) is 4.79 Å². The van der Waals surface area contributed by atoms with Crippen molar-refractivity contribution >= 4 is 34.0 Å². The number of hydrogen-bond acceptors (Lipinski definition) is 6. The second kappa shape index (κ2) is 6.92. The highest BCUT2D eigenvalue weighted by Gasteiger charge is 2.49. The van der Waals surface area contributed by atoms with Crippen molar-refractivity contribution in [1.82, 2.24) is 14.9 Å². The van der Waals surface area contributed by atoms with Crippen molar-refractivity contribution < 1.29 is 4.79 Å². The van der Waals surface area contributed by atoms with Crippen molar-refractivity contribution in [2.45, 2.75) is 13.3 Å². The Labute approximate surface area is 179 Å². The van der Waals surface area contributed by atoms with Crippen LogP contribution in [0, 0.1) is 23.7 Å². The molecule has 2 fully saturated rings. The third-order valence-corrected chi connectivity index (χ3v) is 7.18. The van der Waals surface area contributed by atoms with Crippen LogP contribution < -0.4 is 4.90 Å². The smallest absolute Gasteiger partial charge is 0.245 e. The number of nitrogens with zero attached hydrogens (tertiary/aromatic N) is 5. The van der Waals surface area contributed by atoms with E-state index in [2.05, 4.69) is 22.5 Å². The zero-order valence-corrected chi connectivity index (χ0v) is 17.6. The summed E-state index contributed by atoms with van der Waals surface area (Å²) in [5.41, 5.74) is 5.25. The number of carbonyl (C=O) groups is 1. The molecule has 6 nitrogen and oxygen atoms in total. The SMILES string of the molecule is C=CC(=O)N1CC2(CCN(c3nc4ccccc4c(-c4scnc4C)c3C#N)C2)C1. The minimum Gasteiger partial charge on any atom is -0.355 e. The lowest BCUT2D eigenvalue weighted by Crippen LogP contribution is -2.59. The average Bonchev–Trinajstić information content (AvgIpc) is 3.37. The summed E-state index contributed by atoms with van der Waals surface area (Å²) in [5, 5.41) is 11.1. The molecule has 0 N–H and O–H groups in total. The van der Waals surface area contributed by atoms with E-state index in [4.69, 9.17) is 4.98 Å². The topological polar surface area (TPSA) is 73.1 Å². The van der Waals surface area contributed by atoms with Crippen molar-refractivity contribution in [3.63, 3.8) is 0 Å². The lowest BCUT2D eigenvalue weighted by Gasteiger charge is -2.47. The number of aryl methyl sites for hydroxylation is 1. The zero-order chi connectivity index (χ0) is 20.9. The molecule has 2 aliphatic heterocycles. The van der Waals surface area contributed by atoms with Gasteiger partial charge in [-0.2, -0.15) is 5.26 Å². The fourth-order valence-electron chi connectivity index (χ4n) is 4.73. The summed E-state index contributed by atoms with van der Waals surface area (Å²) in [6, 6.07) is 10.4. The Morgan fingerprint density at radius 1 is 1.33 bits per heavy atom. The highest BCUT2D eigenvalue weighted by atomic mass is 32.1. The summed E-state index contributed by atoms with van der Waals surface area (Å²) in [6.07, 6.45) is 2.37. The predicted octanol–water partition coefficient (Wildman–Crippen LogP) is 3.76. The third kappa shape index (κ3) is 2.79. The summed E-state index contributed by atoms with van der Waals surface area (Å²) in [6.45, 7) is 8.67. The fraction of sp³-hybridized carbons (Fsp3) is 0.304. The van der Waals surface area contributed by atoms with Gasteiger partial charge in [-0.25, -0.2) is 9.97 Å². The highest BCUT2D eigenvalue weighted by Crippen LogP contribution is 2.44. The van der Waals surface area contributed by atoms with Crippen molar-refractivity contribution in [2.24, 2.45) is 5.41 Å². The van der Waals surface area contributed by atoms with Crippen LogP contribution in [0.25, 0.3) is 21.3 Å². The maximum absolute atomic E-state index is 11.9. The van der Waals surface area contributed by atoms with E-state index in [1.165, 1.54) is 6.08 Å². The Morgan fingerprint density at radius 2 is 2.13 bits per heavy atom. The zero-order valence-electron chi connectivity index (χ0n) is 16.8. The molecule has 0 aliphatic carbocycles. The van der Waals surface area contributed by atoms with Crippen LogP contribution >= 0.6 is 11.3 Å². The summed E-state index contributed by atoms with van der Waals surface area (Å²) < 4.78 is 0. The molecule has 150 valence electrons. The van der Waals surface area contributed by atoms with Gasteiger partial charge in [0.25, 0.3) is 0 Å². The number of para-hydroxylation sites is 1. The van der Waals surface area contributed by atoms with E-state index >= 15 is 0 Å². The number of pyridine rings is 1. The van der Waals surface area contributed by atoms with Crippen molar-refractivity contribution in [3.8, 4) is 16.5 Å². The lowest BCUT2D eigenvalue weighted by molar-refractivity contribution is -0.136. The molecule has 5 rings (SSSR count). The van der Waals surface area contributed by atoms with Crippen LogP contribution in [-0.4, -0.2) is 47.0 Å². The molecule has 3 aromatic rings. The van der Waals surface area contributed by atoms with E-state index in [0.717, 1.165) is 65.5 Å². The second-order valence-electron chi connectivity index (χ2n) is 8.15. The van der Waals surface area contributed by atoms with E-state index in [9.17, 15) is 10.1 Å². The molecule has 4 heterocycles. The molecule has 0 unspecified atom stereocenters. The molecule has 2 aromatic heterocycles. The number of amides is 1. The summed E-state index contributed by atoms with van der Waals surface area (Å²) in [4.78, 5) is 26.3. The third-order valence-electron chi connectivity index (χ3n) is 6.23. The number of aromatic nitrogens is 2. The molecule has 0 atom stereocenters. The molecule has 1 spiro atoms. The van der Waals surface area contributed by atoms with E-state index in [0.29, 0.717) is 5.56 Å². The minimum absolute atomic E-state index is 0.0106. The van der Waals surface area contributed by atoms with E-state index in [-0.39, 0.29) is 11.3 Å². The summed E-state index contributed by atoms with van der Waals surface area (Å²) in [7, 11) is 0. The average molecular weight is 416 g/mol. The molecule has 0 bridgehead atoms. The van der Waals surface area contributed by atoms with Crippen LogP contribution in [0.4, 0.5) is 5.82 Å². The normalized spacial score (nSPS) is 17.2. The quantitative estimate of drug-likeness (QED) is 0.609. The molecule has 7 heteroatoms.